The smallest absolute Gasteiger partial charge is 0.261 e. The Balaban J connectivity index is 1.27. The Morgan fingerprint density at radius 1 is 0.435 bits per heavy atom. The van der Waals surface area contributed by atoms with Crippen molar-refractivity contribution in [3.05, 3.63) is 142 Å². The summed E-state index contributed by atoms with van der Waals surface area (Å²) in [6.07, 6.45) is 0. The summed E-state index contributed by atoms with van der Waals surface area (Å²) in [5.74, 6) is 12.4. The van der Waals surface area contributed by atoms with Crippen LogP contribution in [0, 0.1) is 23.7 Å². The molecular weight excluding hydrogens is 568 g/mol. The van der Waals surface area contributed by atoms with Crippen LogP contribution in [0.3, 0.4) is 0 Å². The van der Waals surface area contributed by atoms with Gasteiger partial charge in [-0.15, -0.1) is 0 Å². The van der Waals surface area contributed by atoms with Crippen LogP contribution in [-0.2, 0) is 9.59 Å². The minimum atomic E-state index is -0.201. The number of rotatable bonds is 4. The average Bonchev–Trinajstić information content (AvgIpc) is 3.47. The second-order valence-corrected chi connectivity index (χ2v) is 11.7. The highest BCUT2D eigenvalue weighted by atomic mass is 16.2. The molecule has 2 aliphatic heterocycles. The van der Waals surface area contributed by atoms with Crippen molar-refractivity contribution in [3.63, 3.8) is 0 Å². The van der Waals surface area contributed by atoms with E-state index in [0.29, 0.717) is 22.5 Å². The molecule has 0 spiro atoms. The lowest BCUT2D eigenvalue weighted by Crippen LogP contribution is -2.25. The van der Waals surface area contributed by atoms with Gasteiger partial charge in [0.1, 0.15) is 0 Å². The van der Waals surface area contributed by atoms with Gasteiger partial charge in [-0.25, -0.2) is 0 Å². The van der Waals surface area contributed by atoms with E-state index in [2.05, 4.69) is 23.7 Å². The van der Waals surface area contributed by atoms with E-state index in [1.807, 2.05) is 135 Å². The van der Waals surface area contributed by atoms with E-state index in [1.165, 1.54) is 0 Å². The maximum Gasteiger partial charge on any atom is 0.261 e. The maximum absolute atomic E-state index is 13.6. The number of benzene rings is 4. The number of hydrogen-bond donors (Lipinski definition) is 0. The molecule has 0 fully saturated rings. The topological polar surface area (TPSA) is 47.1 Å². The molecule has 6 nitrogen and oxygen atoms in total. The van der Waals surface area contributed by atoms with Gasteiger partial charge in [0, 0.05) is 75.9 Å². The van der Waals surface area contributed by atoms with E-state index in [-0.39, 0.29) is 11.8 Å². The molecular formula is C40H34N4O2. The summed E-state index contributed by atoms with van der Waals surface area (Å²) >= 11 is 0. The molecule has 0 aromatic heterocycles. The summed E-state index contributed by atoms with van der Waals surface area (Å²) in [5.41, 5.74) is 9.42. The lowest BCUT2D eigenvalue weighted by atomic mass is 10.0. The summed E-state index contributed by atoms with van der Waals surface area (Å²) < 4.78 is 0. The van der Waals surface area contributed by atoms with E-state index in [4.69, 9.17) is 0 Å². The number of hydrogen-bond acceptors (Lipinski definition) is 4. The highest BCUT2D eigenvalue weighted by Gasteiger charge is 2.46. The molecule has 46 heavy (non-hydrogen) atoms. The van der Waals surface area contributed by atoms with Crippen molar-refractivity contribution in [1.82, 2.24) is 9.80 Å². The van der Waals surface area contributed by atoms with E-state index in [0.717, 1.165) is 44.8 Å². The van der Waals surface area contributed by atoms with Crippen molar-refractivity contribution in [3.8, 4) is 23.7 Å². The van der Waals surface area contributed by atoms with Crippen molar-refractivity contribution in [2.45, 2.75) is 0 Å². The van der Waals surface area contributed by atoms with E-state index in [9.17, 15) is 9.59 Å². The number of carbonyl (C=O) groups is 2. The Bertz CT molecular complexity index is 1880. The van der Waals surface area contributed by atoms with Crippen molar-refractivity contribution in [1.29, 1.82) is 0 Å². The molecule has 6 rings (SSSR count). The molecule has 2 amide bonds. The molecule has 0 atom stereocenters. The summed E-state index contributed by atoms with van der Waals surface area (Å²) in [6.45, 7) is 0. The summed E-state index contributed by atoms with van der Waals surface area (Å²) in [4.78, 5) is 34.5. The molecule has 0 N–H and O–H groups in total. The van der Waals surface area contributed by atoms with Crippen LogP contribution in [0.5, 0.6) is 0 Å². The molecule has 0 radical (unpaired) electrons. The van der Waals surface area contributed by atoms with Gasteiger partial charge in [-0.2, -0.15) is 0 Å². The molecule has 0 unspecified atom stereocenters. The van der Waals surface area contributed by atoms with Crippen molar-refractivity contribution in [2.24, 2.45) is 0 Å². The third-order valence-corrected chi connectivity index (χ3v) is 8.22. The van der Waals surface area contributed by atoms with Gasteiger partial charge in [-0.05, 0) is 83.9 Å². The van der Waals surface area contributed by atoms with Gasteiger partial charge >= 0.3 is 0 Å². The molecule has 2 heterocycles. The monoisotopic (exact) mass is 602 g/mol. The SMILES string of the molecule is CN1C(=O)C2=C(c3ccc(C#Cc4ccc(N(C)C)cc4)cc3)N(C)C(=O)C2=C1c1ccc(C#Cc2ccc(N(C)C)cc2)cc1. The fourth-order valence-corrected chi connectivity index (χ4v) is 5.60. The standard InChI is InChI=1S/C40H34N4O2/c1-41(2)33-23-15-29(16-24-33)9-7-27-11-19-31(20-12-27)37-35-36(40(46)43(37)5)38(44(6)39(35)45)32-21-13-28(14-22-32)8-10-30-17-25-34(26-18-30)42(3)4/h11-26H,1-6H3. The van der Waals surface area contributed by atoms with Crippen LogP contribution in [0.1, 0.15) is 33.4 Å². The average molecular weight is 603 g/mol. The third-order valence-electron chi connectivity index (χ3n) is 8.22. The minimum absolute atomic E-state index is 0.201. The first-order chi connectivity index (χ1) is 22.1. The Kier molecular flexibility index (Phi) is 7.97. The fourth-order valence-electron chi connectivity index (χ4n) is 5.60. The molecule has 4 aromatic carbocycles. The van der Waals surface area contributed by atoms with Crippen LogP contribution in [0.15, 0.2) is 108 Å². The zero-order valence-electron chi connectivity index (χ0n) is 26.8. The number of anilines is 2. The van der Waals surface area contributed by atoms with E-state index >= 15 is 0 Å². The van der Waals surface area contributed by atoms with Gasteiger partial charge in [-0.3, -0.25) is 9.59 Å². The van der Waals surface area contributed by atoms with Crippen molar-refractivity contribution in [2.75, 3.05) is 52.1 Å². The Hall–Kier alpha value is -5.98. The van der Waals surface area contributed by atoms with Crippen LogP contribution < -0.4 is 9.80 Å². The molecule has 0 saturated carbocycles. The number of likely N-dealkylation sites (N-methyl/N-ethyl adjacent to an activating group) is 2. The Labute approximate surface area is 270 Å². The first-order valence-electron chi connectivity index (χ1n) is 15.0. The highest BCUT2D eigenvalue weighted by Crippen LogP contribution is 2.45. The molecule has 0 saturated heterocycles. The predicted octanol–water partition coefficient (Wildman–Crippen LogP) is 5.68. The van der Waals surface area contributed by atoms with Gasteiger partial charge in [0.2, 0.25) is 0 Å². The Morgan fingerprint density at radius 2 is 0.696 bits per heavy atom. The van der Waals surface area contributed by atoms with Crippen LogP contribution in [0.25, 0.3) is 11.4 Å². The third kappa shape index (κ3) is 5.65. The molecule has 0 aliphatic carbocycles. The first-order valence-corrected chi connectivity index (χ1v) is 15.0. The molecule has 4 aromatic rings. The van der Waals surface area contributed by atoms with Gasteiger partial charge in [0.25, 0.3) is 11.8 Å². The molecule has 6 heteroatoms. The van der Waals surface area contributed by atoms with Crippen LogP contribution in [0.4, 0.5) is 11.4 Å². The summed E-state index contributed by atoms with van der Waals surface area (Å²) in [7, 11) is 11.5. The lowest BCUT2D eigenvalue weighted by molar-refractivity contribution is -0.123. The second-order valence-electron chi connectivity index (χ2n) is 11.7. The van der Waals surface area contributed by atoms with Gasteiger partial charge in [-0.1, -0.05) is 47.9 Å². The largest absolute Gasteiger partial charge is 0.378 e. The lowest BCUT2D eigenvalue weighted by Gasteiger charge is -2.20. The van der Waals surface area contributed by atoms with E-state index in [1.54, 1.807) is 23.9 Å². The summed E-state index contributed by atoms with van der Waals surface area (Å²) in [5, 5.41) is 0. The minimum Gasteiger partial charge on any atom is -0.378 e. The highest BCUT2D eigenvalue weighted by molar-refractivity contribution is 6.30. The fraction of sp³-hybridized carbons (Fsp3) is 0.150. The Morgan fingerprint density at radius 3 is 0.957 bits per heavy atom. The quantitative estimate of drug-likeness (QED) is 0.282. The molecule has 2 aliphatic rings. The molecule has 0 bridgehead atoms. The number of amides is 2. The second kappa shape index (κ2) is 12.2. The van der Waals surface area contributed by atoms with Crippen LogP contribution in [0.2, 0.25) is 0 Å². The number of fused-ring (bicyclic) bond motifs is 1. The van der Waals surface area contributed by atoms with Crippen molar-refractivity contribution >= 4 is 34.6 Å². The van der Waals surface area contributed by atoms with E-state index < -0.39 is 0 Å². The van der Waals surface area contributed by atoms with Gasteiger partial charge in [0.15, 0.2) is 0 Å². The first kappa shape index (κ1) is 30.1. The summed E-state index contributed by atoms with van der Waals surface area (Å²) in [6, 6.07) is 31.5. The zero-order valence-corrected chi connectivity index (χ0v) is 26.8. The van der Waals surface area contributed by atoms with Gasteiger partial charge < -0.3 is 19.6 Å². The van der Waals surface area contributed by atoms with Crippen LogP contribution in [-0.4, -0.2) is 63.9 Å². The predicted molar refractivity (Wildman–Crippen MR) is 186 cm³/mol. The number of carbonyl (C=O) groups excluding carboxylic acids is 2. The zero-order chi connectivity index (χ0) is 32.5. The van der Waals surface area contributed by atoms with Crippen LogP contribution >= 0.6 is 0 Å². The maximum atomic E-state index is 13.6. The van der Waals surface area contributed by atoms with Gasteiger partial charge in [0.05, 0.1) is 22.5 Å². The normalized spacial score (nSPS) is 13.8. The number of nitrogens with zero attached hydrogens (tertiary/aromatic N) is 4. The molecule has 226 valence electrons. The van der Waals surface area contributed by atoms with Crippen molar-refractivity contribution < 1.29 is 9.59 Å².